The van der Waals surface area contributed by atoms with E-state index < -0.39 is 22.9 Å². The van der Waals surface area contributed by atoms with E-state index in [-0.39, 0.29) is 31.3 Å². The Morgan fingerprint density at radius 1 is 1.40 bits per heavy atom. The number of rotatable bonds is 5. The molecule has 156 valence electrons. The van der Waals surface area contributed by atoms with Crippen LogP contribution in [0.1, 0.15) is 18.9 Å². The topological polar surface area (TPSA) is 108 Å². The molecule has 0 saturated carbocycles. The Bertz CT molecular complexity index is 1160. The van der Waals surface area contributed by atoms with Crippen molar-refractivity contribution >= 4 is 23.0 Å². The molecule has 30 heavy (non-hydrogen) atoms. The fourth-order valence-electron chi connectivity index (χ4n) is 2.98. The lowest BCUT2D eigenvalue weighted by Gasteiger charge is -2.33. The van der Waals surface area contributed by atoms with E-state index in [2.05, 4.69) is 20.5 Å². The average molecular weight is 431 g/mol. The molecule has 3 aromatic rings. The Kier molecular flexibility index (Phi) is 5.20. The second-order valence-corrected chi connectivity index (χ2v) is 7.78. The van der Waals surface area contributed by atoms with Crippen LogP contribution in [-0.2, 0) is 21.6 Å². The first-order valence-electron chi connectivity index (χ1n) is 9.16. The summed E-state index contributed by atoms with van der Waals surface area (Å²) < 4.78 is 25.8. The number of esters is 1. The fourth-order valence-corrected chi connectivity index (χ4v) is 3.94. The molecule has 2 aromatic heterocycles. The van der Waals surface area contributed by atoms with Crippen LogP contribution >= 0.6 is 11.3 Å². The van der Waals surface area contributed by atoms with Gasteiger partial charge in [-0.15, -0.1) is 10.2 Å². The van der Waals surface area contributed by atoms with Crippen LogP contribution in [0.5, 0.6) is 5.88 Å². The predicted octanol–water partition coefficient (Wildman–Crippen LogP) is 2.18. The SMILES string of the molecule is CCOC(=O)Cn1cnc2c(c1=O)N[C@](C)(c1nnc(-c3ccccc3F)s1)CO2. The van der Waals surface area contributed by atoms with E-state index in [9.17, 15) is 14.0 Å². The maximum absolute atomic E-state index is 14.1. The predicted molar refractivity (Wildman–Crippen MR) is 107 cm³/mol. The molecule has 1 atom stereocenters. The van der Waals surface area contributed by atoms with Crippen LogP contribution in [0.2, 0.25) is 0 Å². The Labute approximate surface area is 174 Å². The van der Waals surface area contributed by atoms with Crippen LogP contribution in [0.25, 0.3) is 10.6 Å². The fraction of sp³-hybridized carbons (Fsp3) is 0.316. The van der Waals surface area contributed by atoms with Crippen LogP contribution in [-0.4, -0.2) is 38.9 Å². The molecule has 3 heterocycles. The maximum Gasteiger partial charge on any atom is 0.326 e. The number of anilines is 1. The number of nitrogens with zero attached hydrogens (tertiary/aromatic N) is 4. The van der Waals surface area contributed by atoms with Gasteiger partial charge in [-0.2, -0.15) is 0 Å². The first kappa shape index (κ1) is 20.0. The average Bonchev–Trinajstić information content (AvgIpc) is 3.22. The lowest BCUT2D eigenvalue weighted by atomic mass is 10.0. The van der Waals surface area contributed by atoms with Crippen LogP contribution in [0.3, 0.4) is 0 Å². The summed E-state index contributed by atoms with van der Waals surface area (Å²) in [5.74, 6) is -0.800. The zero-order valence-electron chi connectivity index (χ0n) is 16.2. The van der Waals surface area contributed by atoms with Crippen LogP contribution in [0.15, 0.2) is 35.4 Å². The smallest absolute Gasteiger partial charge is 0.326 e. The summed E-state index contributed by atoms with van der Waals surface area (Å²) in [5.41, 5.74) is -0.908. The van der Waals surface area contributed by atoms with Gasteiger partial charge >= 0.3 is 5.97 Å². The van der Waals surface area contributed by atoms with Gasteiger partial charge in [0.05, 0.1) is 6.61 Å². The van der Waals surface area contributed by atoms with Gasteiger partial charge in [-0.1, -0.05) is 23.5 Å². The first-order chi connectivity index (χ1) is 14.4. The van der Waals surface area contributed by atoms with Crippen molar-refractivity contribution in [3.05, 3.63) is 51.8 Å². The van der Waals surface area contributed by atoms with Gasteiger partial charge in [0.25, 0.3) is 5.56 Å². The molecule has 0 spiro atoms. The summed E-state index contributed by atoms with van der Waals surface area (Å²) in [6.45, 7) is 3.57. The number of ether oxygens (including phenoxy) is 2. The highest BCUT2D eigenvalue weighted by atomic mass is 32.1. The summed E-state index contributed by atoms with van der Waals surface area (Å²) in [5, 5.41) is 12.3. The molecule has 0 aliphatic carbocycles. The van der Waals surface area contributed by atoms with Crippen molar-refractivity contribution in [3.8, 4) is 16.5 Å². The lowest BCUT2D eigenvalue weighted by Crippen LogP contribution is -2.44. The summed E-state index contributed by atoms with van der Waals surface area (Å²) in [7, 11) is 0. The van der Waals surface area contributed by atoms with Crippen LogP contribution in [0.4, 0.5) is 10.1 Å². The monoisotopic (exact) mass is 431 g/mol. The quantitative estimate of drug-likeness (QED) is 0.613. The normalized spacial score (nSPS) is 17.6. The molecule has 0 unspecified atom stereocenters. The van der Waals surface area contributed by atoms with Crippen molar-refractivity contribution in [2.24, 2.45) is 0 Å². The van der Waals surface area contributed by atoms with E-state index in [4.69, 9.17) is 9.47 Å². The molecular formula is C19H18FN5O4S. The van der Waals surface area contributed by atoms with Gasteiger partial charge in [-0.3, -0.25) is 14.2 Å². The minimum absolute atomic E-state index is 0.109. The van der Waals surface area contributed by atoms with Crippen LogP contribution < -0.4 is 15.6 Å². The highest BCUT2D eigenvalue weighted by Crippen LogP contribution is 2.37. The molecule has 9 nitrogen and oxygen atoms in total. The van der Waals surface area contributed by atoms with Crippen molar-refractivity contribution in [3.63, 3.8) is 0 Å². The first-order valence-corrected chi connectivity index (χ1v) is 9.98. The van der Waals surface area contributed by atoms with Gasteiger partial charge in [-0.25, -0.2) is 9.37 Å². The Morgan fingerprint density at radius 3 is 2.97 bits per heavy atom. The summed E-state index contributed by atoms with van der Waals surface area (Å²) in [6.07, 6.45) is 1.24. The molecule has 11 heteroatoms. The highest BCUT2D eigenvalue weighted by molar-refractivity contribution is 7.14. The lowest BCUT2D eigenvalue weighted by molar-refractivity contribution is -0.143. The van der Waals surface area contributed by atoms with E-state index >= 15 is 0 Å². The molecule has 0 saturated heterocycles. The van der Waals surface area contributed by atoms with Gasteiger partial charge < -0.3 is 14.8 Å². The van der Waals surface area contributed by atoms with Gasteiger partial charge in [-0.05, 0) is 26.0 Å². The molecular weight excluding hydrogens is 413 g/mol. The Hall–Kier alpha value is -3.34. The highest BCUT2D eigenvalue weighted by Gasteiger charge is 2.38. The zero-order valence-corrected chi connectivity index (χ0v) is 17.0. The molecule has 1 aromatic carbocycles. The van der Waals surface area contributed by atoms with E-state index in [1.54, 1.807) is 32.0 Å². The number of hydrogen-bond acceptors (Lipinski definition) is 9. The van der Waals surface area contributed by atoms with Crippen molar-refractivity contribution < 1.29 is 18.7 Å². The van der Waals surface area contributed by atoms with E-state index in [1.165, 1.54) is 23.7 Å². The number of nitrogens with one attached hydrogen (secondary N) is 1. The van der Waals surface area contributed by atoms with Gasteiger partial charge in [0.2, 0.25) is 5.88 Å². The van der Waals surface area contributed by atoms with Crippen molar-refractivity contribution in [1.82, 2.24) is 19.7 Å². The minimum atomic E-state index is -0.891. The Balaban J connectivity index is 1.64. The van der Waals surface area contributed by atoms with Gasteiger partial charge in [0, 0.05) is 5.56 Å². The van der Waals surface area contributed by atoms with Crippen molar-refractivity contribution in [2.75, 3.05) is 18.5 Å². The number of hydrogen-bond donors (Lipinski definition) is 1. The second kappa shape index (κ2) is 7.82. The van der Waals surface area contributed by atoms with E-state index in [0.29, 0.717) is 15.6 Å². The maximum atomic E-state index is 14.1. The van der Waals surface area contributed by atoms with Crippen molar-refractivity contribution in [1.29, 1.82) is 0 Å². The number of benzene rings is 1. The molecule has 0 fully saturated rings. The van der Waals surface area contributed by atoms with Crippen molar-refractivity contribution in [2.45, 2.75) is 25.9 Å². The van der Waals surface area contributed by atoms with Gasteiger partial charge in [0.15, 0.2) is 10.7 Å². The molecule has 1 aliphatic heterocycles. The van der Waals surface area contributed by atoms with E-state index in [0.717, 1.165) is 4.57 Å². The summed E-state index contributed by atoms with van der Waals surface area (Å²) in [4.78, 5) is 28.7. The number of halogens is 1. The third-order valence-corrected chi connectivity index (χ3v) is 5.73. The number of fused-ring (bicyclic) bond motifs is 1. The third kappa shape index (κ3) is 3.63. The molecule has 0 amide bonds. The summed E-state index contributed by atoms with van der Waals surface area (Å²) >= 11 is 1.20. The number of carbonyl (C=O) groups excluding carboxylic acids is 1. The zero-order chi connectivity index (χ0) is 21.3. The summed E-state index contributed by atoms with van der Waals surface area (Å²) in [6, 6.07) is 6.30. The molecule has 1 aliphatic rings. The molecule has 1 N–H and O–H groups in total. The molecule has 4 rings (SSSR count). The van der Waals surface area contributed by atoms with Gasteiger partial charge in [0.1, 0.15) is 35.8 Å². The minimum Gasteiger partial charge on any atom is -0.473 e. The molecule has 0 radical (unpaired) electrons. The Morgan fingerprint density at radius 2 is 2.20 bits per heavy atom. The number of aromatic nitrogens is 4. The standard InChI is InChI=1S/C19H18FN5O4S/c1-3-28-13(26)8-25-10-21-15-14(17(25)27)22-19(2,9-29-15)18-24-23-16(30-18)11-6-4-5-7-12(11)20/h4-7,10,22H,3,8-9H2,1-2H3/t19-/m0/s1. The number of carbonyl (C=O) groups is 1. The van der Waals surface area contributed by atoms with E-state index in [1.807, 2.05) is 0 Å². The van der Waals surface area contributed by atoms with Crippen LogP contribution in [0, 0.1) is 5.82 Å². The largest absolute Gasteiger partial charge is 0.473 e. The second-order valence-electron chi connectivity index (χ2n) is 6.80. The molecule has 0 bridgehead atoms. The third-order valence-electron chi connectivity index (χ3n) is 4.51.